The Bertz CT molecular complexity index is 885. The smallest absolute Gasteiger partial charge is 0.384 e. The summed E-state index contributed by atoms with van der Waals surface area (Å²) < 4.78 is 38.8. The van der Waals surface area contributed by atoms with Crippen LogP contribution in [0.5, 0.6) is 0 Å². The second-order valence-corrected chi connectivity index (χ2v) is 8.57. The molecule has 0 spiro atoms. The molecule has 4 rings (SSSR count). The lowest BCUT2D eigenvalue weighted by Gasteiger charge is -2.34. The fraction of sp³-hybridized carbons (Fsp3) is 0.565. The van der Waals surface area contributed by atoms with E-state index >= 15 is 0 Å². The first-order valence-electron chi connectivity index (χ1n) is 10.9. The molecule has 1 aliphatic heterocycles. The molecule has 2 fully saturated rings. The summed E-state index contributed by atoms with van der Waals surface area (Å²) >= 11 is 0. The van der Waals surface area contributed by atoms with E-state index in [0.717, 1.165) is 76.0 Å². The molecule has 0 bridgehead atoms. The van der Waals surface area contributed by atoms with Gasteiger partial charge in [-0.05, 0) is 69.1 Å². The number of benzene rings is 1. The van der Waals surface area contributed by atoms with Crippen molar-refractivity contribution < 1.29 is 18.0 Å². The molecule has 0 unspecified atom stereocenters. The van der Waals surface area contributed by atoms with Crippen LogP contribution < -0.4 is 5.32 Å². The van der Waals surface area contributed by atoms with Gasteiger partial charge in [-0.1, -0.05) is 6.07 Å². The summed E-state index contributed by atoms with van der Waals surface area (Å²) in [6.07, 6.45) is 4.48. The highest BCUT2D eigenvalue weighted by Crippen LogP contribution is 2.34. The summed E-state index contributed by atoms with van der Waals surface area (Å²) in [6.45, 7) is 2.57. The second-order valence-electron chi connectivity index (χ2n) is 8.57. The topological polar surface area (TPSA) is 45.2 Å². The Kier molecular flexibility index (Phi) is 6.16. The first-order valence-corrected chi connectivity index (χ1v) is 10.9. The number of amides is 1. The van der Waals surface area contributed by atoms with E-state index in [2.05, 4.69) is 10.3 Å². The molecule has 2 aromatic rings. The minimum Gasteiger partial charge on any atom is -0.384 e. The van der Waals surface area contributed by atoms with Crippen LogP contribution in [0.4, 0.5) is 18.9 Å². The fourth-order valence-electron chi connectivity index (χ4n) is 4.72. The van der Waals surface area contributed by atoms with E-state index in [-0.39, 0.29) is 5.92 Å². The quantitative estimate of drug-likeness (QED) is 0.713. The SMILES string of the molecule is O=C(C1CCC(CNc2ccnc3cc(C(F)(F)F)ccc23)CC1)N1CCCCC1. The molecule has 7 heteroatoms. The van der Waals surface area contributed by atoms with Gasteiger partial charge in [-0.3, -0.25) is 9.78 Å². The molecule has 1 aromatic heterocycles. The molecule has 1 N–H and O–H groups in total. The monoisotopic (exact) mass is 419 g/mol. The Morgan fingerprint density at radius 2 is 1.80 bits per heavy atom. The van der Waals surface area contributed by atoms with E-state index in [1.807, 2.05) is 4.90 Å². The zero-order valence-electron chi connectivity index (χ0n) is 17.0. The minimum atomic E-state index is -4.37. The number of alkyl halides is 3. The van der Waals surface area contributed by atoms with Gasteiger partial charge in [0.25, 0.3) is 0 Å². The van der Waals surface area contributed by atoms with Gasteiger partial charge in [0.05, 0.1) is 11.1 Å². The van der Waals surface area contributed by atoms with Crippen LogP contribution in [-0.2, 0) is 11.0 Å². The largest absolute Gasteiger partial charge is 0.416 e. The summed E-state index contributed by atoms with van der Waals surface area (Å²) in [5.41, 5.74) is 0.460. The van der Waals surface area contributed by atoms with Gasteiger partial charge >= 0.3 is 6.18 Å². The molecule has 0 atom stereocenters. The van der Waals surface area contributed by atoms with E-state index in [0.29, 0.717) is 22.7 Å². The Morgan fingerprint density at radius 1 is 1.07 bits per heavy atom. The maximum Gasteiger partial charge on any atom is 0.416 e. The first-order chi connectivity index (χ1) is 14.4. The number of anilines is 1. The van der Waals surface area contributed by atoms with Crippen LogP contribution >= 0.6 is 0 Å². The van der Waals surface area contributed by atoms with Gasteiger partial charge in [0.1, 0.15) is 0 Å². The van der Waals surface area contributed by atoms with Gasteiger partial charge in [-0.25, -0.2) is 0 Å². The van der Waals surface area contributed by atoms with Crippen molar-refractivity contribution in [3.8, 4) is 0 Å². The number of likely N-dealkylation sites (tertiary alicyclic amines) is 1. The number of carbonyl (C=O) groups excluding carboxylic acids is 1. The van der Waals surface area contributed by atoms with Gasteiger partial charge in [0.2, 0.25) is 5.91 Å². The molecule has 1 aromatic carbocycles. The molecule has 0 radical (unpaired) electrons. The van der Waals surface area contributed by atoms with Crippen LogP contribution in [0.25, 0.3) is 10.9 Å². The van der Waals surface area contributed by atoms with E-state index in [1.54, 1.807) is 12.3 Å². The summed E-state index contributed by atoms with van der Waals surface area (Å²) in [5, 5.41) is 4.10. The predicted molar refractivity (Wildman–Crippen MR) is 111 cm³/mol. The van der Waals surface area contributed by atoms with Crippen molar-refractivity contribution in [2.24, 2.45) is 11.8 Å². The molecule has 1 saturated carbocycles. The summed E-state index contributed by atoms with van der Waals surface area (Å²) in [6, 6.07) is 5.49. The molecule has 1 amide bonds. The average Bonchev–Trinajstić information content (AvgIpc) is 2.77. The third-order valence-electron chi connectivity index (χ3n) is 6.51. The number of aromatic nitrogens is 1. The van der Waals surface area contributed by atoms with Crippen molar-refractivity contribution in [2.45, 2.75) is 51.1 Å². The van der Waals surface area contributed by atoms with Crippen molar-refractivity contribution >= 4 is 22.5 Å². The van der Waals surface area contributed by atoms with E-state index in [4.69, 9.17) is 0 Å². The number of hydrogen-bond acceptors (Lipinski definition) is 3. The molecule has 4 nitrogen and oxygen atoms in total. The van der Waals surface area contributed by atoms with Crippen molar-refractivity contribution in [1.82, 2.24) is 9.88 Å². The zero-order valence-corrected chi connectivity index (χ0v) is 17.0. The predicted octanol–water partition coefficient (Wildman–Crippen LogP) is 5.48. The first kappa shape index (κ1) is 20.9. The van der Waals surface area contributed by atoms with Crippen LogP contribution in [0.2, 0.25) is 0 Å². The highest BCUT2D eigenvalue weighted by Gasteiger charge is 2.31. The Morgan fingerprint density at radius 3 is 2.50 bits per heavy atom. The van der Waals surface area contributed by atoms with Crippen LogP contribution in [0.15, 0.2) is 30.5 Å². The van der Waals surface area contributed by atoms with Gasteiger partial charge < -0.3 is 10.2 Å². The molecular weight excluding hydrogens is 391 g/mol. The Labute approximate surface area is 174 Å². The summed E-state index contributed by atoms with van der Waals surface area (Å²) in [5.74, 6) is 0.955. The lowest BCUT2D eigenvalue weighted by atomic mass is 9.81. The Hall–Kier alpha value is -2.31. The number of carbonyl (C=O) groups is 1. The molecular formula is C23H28F3N3O. The van der Waals surface area contributed by atoms with Crippen LogP contribution in [-0.4, -0.2) is 35.4 Å². The molecule has 1 aliphatic carbocycles. The van der Waals surface area contributed by atoms with E-state index in [9.17, 15) is 18.0 Å². The molecule has 2 aliphatic rings. The maximum absolute atomic E-state index is 12.9. The van der Waals surface area contributed by atoms with Crippen LogP contribution in [0.1, 0.15) is 50.5 Å². The third kappa shape index (κ3) is 4.71. The normalized spacial score (nSPS) is 22.8. The van der Waals surface area contributed by atoms with Gasteiger partial charge in [0, 0.05) is 42.8 Å². The van der Waals surface area contributed by atoms with E-state index in [1.165, 1.54) is 12.5 Å². The third-order valence-corrected chi connectivity index (χ3v) is 6.51. The zero-order chi connectivity index (χ0) is 21.1. The number of pyridine rings is 1. The van der Waals surface area contributed by atoms with Crippen molar-refractivity contribution in [2.75, 3.05) is 25.0 Å². The summed E-state index contributed by atoms with van der Waals surface area (Å²) in [7, 11) is 0. The highest BCUT2D eigenvalue weighted by molar-refractivity contribution is 5.91. The number of fused-ring (bicyclic) bond motifs is 1. The fourth-order valence-corrected chi connectivity index (χ4v) is 4.72. The van der Waals surface area contributed by atoms with Gasteiger partial charge in [-0.2, -0.15) is 13.2 Å². The van der Waals surface area contributed by atoms with Crippen molar-refractivity contribution in [3.63, 3.8) is 0 Å². The number of rotatable bonds is 4. The highest BCUT2D eigenvalue weighted by atomic mass is 19.4. The number of piperidine rings is 1. The van der Waals surface area contributed by atoms with Crippen molar-refractivity contribution in [1.29, 1.82) is 0 Å². The molecule has 1 saturated heterocycles. The molecule has 30 heavy (non-hydrogen) atoms. The van der Waals surface area contributed by atoms with Gasteiger partial charge in [0.15, 0.2) is 0 Å². The number of nitrogens with one attached hydrogen (secondary N) is 1. The summed E-state index contributed by atoms with van der Waals surface area (Å²) in [4.78, 5) is 18.9. The second kappa shape index (κ2) is 8.82. The number of nitrogens with zero attached hydrogens (tertiary/aromatic N) is 2. The van der Waals surface area contributed by atoms with E-state index < -0.39 is 11.7 Å². The standard InChI is InChI=1S/C23H28F3N3O/c24-23(25,26)18-8-9-19-20(10-11-27-21(19)14-18)28-15-16-4-6-17(7-5-16)22(30)29-12-2-1-3-13-29/h8-11,14,16-17H,1-7,12-13,15H2,(H,27,28). The van der Waals surface area contributed by atoms with Crippen LogP contribution in [0.3, 0.4) is 0 Å². The Balaban J connectivity index is 1.33. The molecule has 2 heterocycles. The minimum absolute atomic E-state index is 0.155. The number of halogens is 3. The molecule has 162 valence electrons. The lowest BCUT2D eigenvalue weighted by Crippen LogP contribution is -2.41. The van der Waals surface area contributed by atoms with Crippen molar-refractivity contribution in [3.05, 3.63) is 36.0 Å². The average molecular weight is 419 g/mol. The maximum atomic E-state index is 12.9. The number of hydrogen-bond donors (Lipinski definition) is 1. The van der Waals surface area contributed by atoms with Gasteiger partial charge in [-0.15, -0.1) is 0 Å². The lowest BCUT2D eigenvalue weighted by molar-refractivity contribution is -0.138. The van der Waals surface area contributed by atoms with Crippen LogP contribution in [0, 0.1) is 11.8 Å².